The van der Waals surface area contributed by atoms with Crippen LogP contribution in [0.4, 0.5) is 0 Å². The molecule has 0 unspecified atom stereocenters. The van der Waals surface area contributed by atoms with Gasteiger partial charge in [0.15, 0.2) is 8.32 Å². The summed E-state index contributed by atoms with van der Waals surface area (Å²) in [7, 11) is -3.96. The van der Waals surface area contributed by atoms with Crippen molar-refractivity contribution in [3.05, 3.63) is 37.0 Å². The van der Waals surface area contributed by atoms with Gasteiger partial charge in [-0.1, -0.05) is 44.6 Å². The van der Waals surface area contributed by atoms with Gasteiger partial charge < -0.3 is 9.16 Å². The van der Waals surface area contributed by atoms with E-state index in [1.165, 1.54) is 0 Å². The van der Waals surface area contributed by atoms with E-state index in [4.69, 9.17) is 9.16 Å². The molecule has 0 aromatic rings. The monoisotopic (exact) mass is 443 g/mol. The third-order valence-electron chi connectivity index (χ3n) is 6.01. The highest BCUT2D eigenvalue weighted by molar-refractivity contribution is 7.89. The molecule has 1 heterocycles. The Hall–Kier alpha value is -0.733. The van der Waals surface area contributed by atoms with E-state index in [2.05, 4.69) is 47.0 Å². The molecule has 0 aromatic heterocycles. The van der Waals surface area contributed by atoms with Gasteiger partial charge in [-0.3, -0.25) is 0 Å². The highest BCUT2D eigenvalue weighted by Gasteiger charge is 2.46. The number of nitrogens with zero attached hydrogens (tertiary/aromatic N) is 1. The number of rotatable bonds is 12. The number of methoxy groups -OCH3 is 1. The van der Waals surface area contributed by atoms with Crippen LogP contribution in [0, 0.1) is 0 Å². The summed E-state index contributed by atoms with van der Waals surface area (Å²) >= 11 is 0. The molecule has 29 heavy (non-hydrogen) atoms. The van der Waals surface area contributed by atoms with Crippen molar-refractivity contribution in [2.24, 2.45) is 0 Å². The van der Waals surface area contributed by atoms with Crippen LogP contribution in [0.15, 0.2) is 37.0 Å². The SMILES string of the molecule is C=CCCCCS(=O)(=O)N1CC(C)=C[C@@H]1[C@H](O[Si](C)(C)C(C)(C)C)[C@H](C=C)OC. The lowest BCUT2D eigenvalue weighted by Crippen LogP contribution is -2.55. The fourth-order valence-electron chi connectivity index (χ4n) is 3.22. The smallest absolute Gasteiger partial charge is 0.215 e. The maximum absolute atomic E-state index is 13.2. The molecular formula is C22H41NO4SSi. The molecule has 7 heteroatoms. The molecule has 0 saturated carbocycles. The standard InChI is InChI=1S/C22H41NO4SSi/c1-10-12-13-14-15-28(24,25)23-17-18(3)16-19(23)21(20(11-2)26-7)27-29(8,9)22(4,5)6/h10-11,16,19-21H,1-2,12-15,17H2,3-9H3/t19-,20+,21+/m1/s1. The Kier molecular flexibility index (Phi) is 9.55. The average Bonchev–Trinajstić information content (AvgIpc) is 3.00. The molecule has 0 radical (unpaired) electrons. The van der Waals surface area contributed by atoms with Gasteiger partial charge >= 0.3 is 0 Å². The van der Waals surface area contributed by atoms with Crippen LogP contribution >= 0.6 is 0 Å². The zero-order chi connectivity index (χ0) is 22.5. The Balaban J connectivity index is 3.22. The van der Waals surface area contributed by atoms with Crippen LogP contribution in [0.1, 0.15) is 47.0 Å². The van der Waals surface area contributed by atoms with Crippen molar-refractivity contribution >= 4 is 18.3 Å². The second-order valence-corrected chi connectivity index (χ2v) is 16.2. The van der Waals surface area contributed by atoms with Gasteiger partial charge in [-0.2, -0.15) is 4.31 Å². The first-order chi connectivity index (χ1) is 13.3. The van der Waals surface area contributed by atoms with Crippen LogP contribution < -0.4 is 0 Å². The lowest BCUT2D eigenvalue weighted by atomic mass is 10.1. The van der Waals surface area contributed by atoms with Gasteiger partial charge in [0, 0.05) is 13.7 Å². The maximum atomic E-state index is 13.2. The molecule has 0 bridgehead atoms. The molecule has 168 valence electrons. The van der Waals surface area contributed by atoms with Crippen LogP contribution in [-0.4, -0.2) is 58.7 Å². The minimum atomic E-state index is -3.42. The zero-order valence-corrected chi connectivity index (χ0v) is 21.2. The number of unbranched alkanes of at least 4 members (excludes halogenated alkanes) is 2. The summed E-state index contributed by atoms with van der Waals surface area (Å²) in [5.41, 5.74) is 1.03. The van der Waals surface area contributed by atoms with E-state index in [1.54, 1.807) is 17.5 Å². The second kappa shape index (κ2) is 10.5. The van der Waals surface area contributed by atoms with Gasteiger partial charge in [0.05, 0.1) is 17.9 Å². The first-order valence-corrected chi connectivity index (χ1v) is 14.9. The normalized spacial score (nSPS) is 20.9. The van der Waals surface area contributed by atoms with E-state index in [0.717, 1.165) is 18.4 Å². The summed E-state index contributed by atoms with van der Waals surface area (Å²) in [6.07, 6.45) is 7.02. The lowest BCUT2D eigenvalue weighted by molar-refractivity contribution is 0.00255. The van der Waals surface area contributed by atoms with Gasteiger partial charge in [0.1, 0.15) is 6.10 Å². The predicted octanol–water partition coefficient (Wildman–Crippen LogP) is 4.89. The van der Waals surface area contributed by atoms with E-state index >= 15 is 0 Å². The van der Waals surface area contributed by atoms with Crippen molar-refractivity contribution in [1.82, 2.24) is 4.31 Å². The lowest BCUT2D eigenvalue weighted by Gasteiger charge is -2.43. The van der Waals surface area contributed by atoms with Crippen molar-refractivity contribution in [2.75, 3.05) is 19.4 Å². The number of hydrogen-bond donors (Lipinski definition) is 0. The van der Waals surface area contributed by atoms with Gasteiger partial charge in [0.2, 0.25) is 10.0 Å². The molecule has 1 rings (SSSR count). The van der Waals surface area contributed by atoms with E-state index in [0.29, 0.717) is 13.0 Å². The van der Waals surface area contributed by atoms with Crippen LogP contribution in [0.25, 0.3) is 0 Å². The molecule has 0 fully saturated rings. The average molecular weight is 444 g/mol. The van der Waals surface area contributed by atoms with Gasteiger partial charge in [-0.25, -0.2) is 8.42 Å². The summed E-state index contributed by atoms with van der Waals surface area (Å²) in [5.74, 6) is 0.136. The molecular weight excluding hydrogens is 402 g/mol. The van der Waals surface area contributed by atoms with Gasteiger partial charge in [-0.15, -0.1) is 13.2 Å². The van der Waals surface area contributed by atoms with Gasteiger partial charge in [-0.05, 0) is 44.3 Å². The highest BCUT2D eigenvalue weighted by atomic mass is 32.2. The molecule has 1 aliphatic heterocycles. The number of allylic oxidation sites excluding steroid dienone is 1. The molecule has 1 aliphatic rings. The van der Waals surface area contributed by atoms with E-state index in [-0.39, 0.29) is 10.8 Å². The minimum absolute atomic E-state index is 0.00350. The van der Waals surface area contributed by atoms with Crippen molar-refractivity contribution in [2.45, 2.75) is 83.3 Å². The number of sulfonamides is 1. The summed E-state index contributed by atoms with van der Waals surface area (Å²) in [6.45, 7) is 20.9. The molecule has 0 amide bonds. The topological polar surface area (TPSA) is 55.8 Å². The summed E-state index contributed by atoms with van der Waals surface area (Å²) in [6, 6.07) is -0.392. The molecule has 5 nitrogen and oxygen atoms in total. The van der Waals surface area contributed by atoms with Crippen molar-refractivity contribution < 1.29 is 17.6 Å². The van der Waals surface area contributed by atoms with E-state index in [1.807, 2.05) is 19.1 Å². The maximum Gasteiger partial charge on any atom is 0.215 e. The quantitative estimate of drug-likeness (QED) is 0.245. The van der Waals surface area contributed by atoms with Crippen LogP contribution in [0.5, 0.6) is 0 Å². The number of hydrogen-bond acceptors (Lipinski definition) is 4. The van der Waals surface area contributed by atoms with Crippen LogP contribution in [-0.2, 0) is 19.2 Å². The Morgan fingerprint density at radius 2 is 1.93 bits per heavy atom. The summed E-state index contributed by atoms with van der Waals surface area (Å²) < 4.78 is 40.3. The van der Waals surface area contributed by atoms with E-state index in [9.17, 15) is 8.42 Å². The summed E-state index contributed by atoms with van der Waals surface area (Å²) in [4.78, 5) is 0. The summed E-state index contributed by atoms with van der Waals surface area (Å²) in [5, 5.41) is -0.00350. The predicted molar refractivity (Wildman–Crippen MR) is 125 cm³/mol. The van der Waals surface area contributed by atoms with Crippen LogP contribution in [0.3, 0.4) is 0 Å². The Labute approximate surface area is 180 Å². The van der Waals surface area contributed by atoms with Crippen molar-refractivity contribution in [3.8, 4) is 0 Å². The molecule has 0 aliphatic carbocycles. The second-order valence-electron chi connectivity index (χ2n) is 9.43. The Morgan fingerprint density at radius 3 is 2.41 bits per heavy atom. The van der Waals surface area contributed by atoms with Crippen molar-refractivity contribution in [1.29, 1.82) is 0 Å². The molecule has 0 N–H and O–H groups in total. The van der Waals surface area contributed by atoms with E-state index < -0.39 is 36.6 Å². The largest absolute Gasteiger partial charge is 0.409 e. The number of ether oxygens (including phenoxy) is 1. The van der Waals surface area contributed by atoms with Gasteiger partial charge in [0.25, 0.3) is 0 Å². The Morgan fingerprint density at radius 1 is 1.31 bits per heavy atom. The molecule has 0 aromatic carbocycles. The minimum Gasteiger partial charge on any atom is -0.409 e. The van der Waals surface area contributed by atoms with Crippen LogP contribution in [0.2, 0.25) is 18.1 Å². The zero-order valence-electron chi connectivity index (χ0n) is 19.4. The molecule has 0 saturated heterocycles. The van der Waals surface area contributed by atoms with Crippen molar-refractivity contribution in [3.63, 3.8) is 0 Å². The first kappa shape index (κ1) is 26.3. The highest BCUT2D eigenvalue weighted by Crippen LogP contribution is 2.39. The third kappa shape index (κ3) is 6.89. The third-order valence-corrected chi connectivity index (χ3v) is 12.4. The molecule has 0 spiro atoms. The molecule has 3 atom stereocenters. The fraction of sp³-hybridized carbons (Fsp3) is 0.727. The first-order valence-electron chi connectivity index (χ1n) is 10.4. The Bertz CT molecular complexity index is 694. The fourth-order valence-corrected chi connectivity index (χ4v) is 6.29.